The molecule has 2 spiro atoms. The molecular weight excluding hydrogens is 328 g/mol. The van der Waals surface area contributed by atoms with Gasteiger partial charge in [-0.15, -0.1) is 0 Å². The smallest absolute Gasteiger partial charge is 0.224 e. The average molecular weight is 354 g/mol. The number of hydrogen-bond donors (Lipinski definition) is 1. The summed E-state index contributed by atoms with van der Waals surface area (Å²) in [6.07, 6.45) is 6.74. The summed E-state index contributed by atoms with van der Waals surface area (Å²) in [5.41, 5.74) is 1.59. The number of aromatic hydroxyl groups is 1. The largest absolute Gasteiger partial charge is 0.506 e. The molecule has 4 atom stereocenters. The van der Waals surface area contributed by atoms with Crippen LogP contribution < -0.4 is 4.90 Å². The number of hydrogen-bond acceptors (Lipinski definition) is 4. The maximum atomic E-state index is 12.7. The Balaban J connectivity index is 1.69. The van der Waals surface area contributed by atoms with E-state index in [0.29, 0.717) is 0 Å². The first-order valence-electron chi connectivity index (χ1n) is 10.1. The summed E-state index contributed by atoms with van der Waals surface area (Å²) in [4.78, 5) is 17.2. The van der Waals surface area contributed by atoms with E-state index in [9.17, 15) is 9.90 Å². The highest BCUT2D eigenvalue weighted by Crippen LogP contribution is 2.73. The SMILES string of the molecule is CC(=O)N1c2c(O)cccc2[C@]23CCN4CCC[C@]5(CCO[C@@]452)CC[C@H]13. The van der Waals surface area contributed by atoms with Crippen molar-refractivity contribution in [2.24, 2.45) is 5.41 Å². The van der Waals surface area contributed by atoms with E-state index in [1.807, 2.05) is 11.0 Å². The molecule has 138 valence electrons. The van der Waals surface area contributed by atoms with Crippen LogP contribution in [0.15, 0.2) is 18.2 Å². The van der Waals surface area contributed by atoms with E-state index in [-0.39, 0.29) is 34.3 Å². The van der Waals surface area contributed by atoms with Crippen molar-refractivity contribution in [1.82, 2.24) is 4.90 Å². The van der Waals surface area contributed by atoms with Crippen LogP contribution in [0.5, 0.6) is 5.75 Å². The first-order valence-corrected chi connectivity index (χ1v) is 10.1. The topological polar surface area (TPSA) is 53.0 Å². The molecule has 0 radical (unpaired) electrons. The lowest BCUT2D eigenvalue weighted by Gasteiger charge is -2.62. The maximum absolute atomic E-state index is 12.7. The molecule has 1 aliphatic carbocycles. The summed E-state index contributed by atoms with van der Waals surface area (Å²) in [6, 6.07) is 5.90. The number of rotatable bonds is 0. The van der Waals surface area contributed by atoms with Crippen molar-refractivity contribution >= 4 is 11.6 Å². The second-order valence-corrected chi connectivity index (χ2v) is 8.95. The predicted molar refractivity (Wildman–Crippen MR) is 97.1 cm³/mol. The molecule has 0 bridgehead atoms. The molecule has 1 aromatic rings. The maximum Gasteiger partial charge on any atom is 0.224 e. The van der Waals surface area contributed by atoms with Gasteiger partial charge in [-0.2, -0.15) is 0 Å². The molecule has 26 heavy (non-hydrogen) atoms. The highest BCUT2D eigenvalue weighted by molar-refractivity contribution is 5.98. The second kappa shape index (κ2) is 4.63. The average Bonchev–Trinajstić information content (AvgIpc) is 3.26. The lowest BCUT2D eigenvalue weighted by Crippen LogP contribution is -2.73. The molecule has 4 aliphatic heterocycles. The summed E-state index contributed by atoms with van der Waals surface area (Å²) >= 11 is 0. The van der Waals surface area contributed by atoms with Crippen LogP contribution in [-0.4, -0.2) is 47.4 Å². The monoisotopic (exact) mass is 354 g/mol. The molecule has 4 fully saturated rings. The standard InChI is InChI=1S/C21H26N2O3/c1-14(24)23-17-6-8-19-7-3-11-22-12-9-20(17,21(19,22)26-13-10-19)15-4-2-5-16(25)18(15)23/h2,4-5,17,25H,3,6-13H2,1H3/t17-,19+,20-,21-/m0/s1. The number of phenolic OH excluding ortho intramolecular Hbond substituents is 1. The van der Waals surface area contributed by atoms with Gasteiger partial charge in [-0.1, -0.05) is 12.1 Å². The Hall–Kier alpha value is -1.59. The van der Waals surface area contributed by atoms with Gasteiger partial charge in [0.25, 0.3) is 0 Å². The van der Waals surface area contributed by atoms with Gasteiger partial charge < -0.3 is 14.7 Å². The lowest BCUT2D eigenvalue weighted by molar-refractivity contribution is -0.232. The minimum Gasteiger partial charge on any atom is -0.506 e. The van der Waals surface area contributed by atoms with Crippen molar-refractivity contribution in [3.05, 3.63) is 23.8 Å². The Labute approximate surface area is 153 Å². The van der Waals surface area contributed by atoms with Crippen LogP contribution in [0, 0.1) is 5.41 Å². The van der Waals surface area contributed by atoms with Crippen molar-refractivity contribution in [3.63, 3.8) is 0 Å². The van der Waals surface area contributed by atoms with E-state index in [1.165, 1.54) is 12.8 Å². The highest BCUT2D eigenvalue weighted by atomic mass is 16.5. The van der Waals surface area contributed by atoms with Crippen LogP contribution in [0.3, 0.4) is 0 Å². The minimum absolute atomic E-state index is 0.0331. The second-order valence-electron chi connectivity index (χ2n) is 8.95. The lowest BCUT2D eigenvalue weighted by atomic mass is 9.50. The van der Waals surface area contributed by atoms with Crippen LogP contribution in [-0.2, 0) is 14.9 Å². The molecule has 6 rings (SSSR count). The van der Waals surface area contributed by atoms with Crippen LogP contribution in [0.4, 0.5) is 5.69 Å². The van der Waals surface area contributed by atoms with Crippen LogP contribution >= 0.6 is 0 Å². The fourth-order valence-electron chi connectivity index (χ4n) is 7.83. The third kappa shape index (κ3) is 1.34. The van der Waals surface area contributed by atoms with E-state index in [0.717, 1.165) is 56.6 Å². The van der Waals surface area contributed by atoms with E-state index in [2.05, 4.69) is 11.0 Å². The molecule has 5 aliphatic rings. The van der Waals surface area contributed by atoms with Crippen LogP contribution in [0.25, 0.3) is 0 Å². The molecule has 0 unspecified atom stereocenters. The van der Waals surface area contributed by atoms with E-state index < -0.39 is 0 Å². The molecule has 1 saturated carbocycles. The number of phenols is 1. The predicted octanol–water partition coefficient (Wildman–Crippen LogP) is 2.76. The third-order valence-corrected chi connectivity index (χ3v) is 8.37. The Kier molecular flexibility index (Phi) is 2.75. The van der Waals surface area contributed by atoms with Gasteiger partial charge in [0.15, 0.2) is 0 Å². The van der Waals surface area contributed by atoms with Crippen LogP contribution in [0.1, 0.15) is 51.0 Å². The number of carbonyl (C=O) groups is 1. The minimum atomic E-state index is -0.298. The molecule has 5 heteroatoms. The number of para-hydroxylation sites is 1. The number of piperidine rings is 1. The number of carbonyl (C=O) groups excluding carboxylic acids is 1. The zero-order valence-corrected chi connectivity index (χ0v) is 15.3. The van der Waals surface area contributed by atoms with Crippen molar-refractivity contribution in [2.45, 2.75) is 62.6 Å². The van der Waals surface area contributed by atoms with Gasteiger partial charge in [-0.25, -0.2) is 0 Å². The molecule has 1 N–H and O–H groups in total. The normalized spacial score (nSPS) is 43.0. The van der Waals surface area contributed by atoms with Gasteiger partial charge in [0, 0.05) is 32.0 Å². The van der Waals surface area contributed by atoms with Crippen molar-refractivity contribution < 1.29 is 14.6 Å². The molecule has 5 nitrogen and oxygen atoms in total. The Bertz CT molecular complexity index is 825. The molecule has 1 amide bonds. The Morgan fingerprint density at radius 3 is 2.96 bits per heavy atom. The van der Waals surface area contributed by atoms with E-state index in [4.69, 9.17) is 4.74 Å². The first-order chi connectivity index (χ1) is 12.6. The molecular formula is C21H26N2O3. The summed E-state index contributed by atoms with van der Waals surface area (Å²) in [7, 11) is 0. The van der Waals surface area contributed by atoms with E-state index >= 15 is 0 Å². The van der Waals surface area contributed by atoms with E-state index in [1.54, 1.807) is 13.0 Å². The number of amides is 1. The van der Waals surface area contributed by atoms with Gasteiger partial charge >= 0.3 is 0 Å². The zero-order valence-electron chi connectivity index (χ0n) is 15.3. The quantitative estimate of drug-likeness (QED) is 0.778. The third-order valence-electron chi connectivity index (χ3n) is 8.37. The van der Waals surface area contributed by atoms with Crippen LogP contribution in [0.2, 0.25) is 0 Å². The first kappa shape index (κ1) is 15.5. The van der Waals surface area contributed by atoms with Gasteiger partial charge in [0.1, 0.15) is 11.5 Å². The summed E-state index contributed by atoms with van der Waals surface area (Å²) in [6.45, 7) is 4.57. The molecule has 0 aromatic heterocycles. The number of anilines is 1. The fraction of sp³-hybridized carbons (Fsp3) is 0.667. The number of benzene rings is 1. The summed E-state index contributed by atoms with van der Waals surface area (Å²) in [5, 5.41) is 10.7. The zero-order chi connectivity index (χ0) is 17.7. The number of fused-ring (bicyclic) bond motifs is 1. The van der Waals surface area contributed by atoms with Gasteiger partial charge in [-0.3, -0.25) is 9.69 Å². The molecule has 4 heterocycles. The summed E-state index contributed by atoms with van der Waals surface area (Å²) in [5.74, 6) is 0.265. The van der Waals surface area contributed by atoms with Crippen molar-refractivity contribution in [1.29, 1.82) is 0 Å². The van der Waals surface area contributed by atoms with Crippen molar-refractivity contribution in [2.75, 3.05) is 24.6 Å². The number of ether oxygens (including phenoxy) is 1. The molecule has 1 aromatic carbocycles. The van der Waals surface area contributed by atoms with Crippen molar-refractivity contribution in [3.8, 4) is 5.75 Å². The molecule has 3 saturated heterocycles. The summed E-state index contributed by atoms with van der Waals surface area (Å²) < 4.78 is 6.76. The Morgan fingerprint density at radius 2 is 2.12 bits per heavy atom. The highest BCUT2D eigenvalue weighted by Gasteiger charge is 2.79. The van der Waals surface area contributed by atoms with Gasteiger partial charge in [0.05, 0.1) is 17.1 Å². The van der Waals surface area contributed by atoms with Gasteiger partial charge in [0.2, 0.25) is 5.91 Å². The number of nitrogens with zero attached hydrogens (tertiary/aromatic N) is 2. The van der Waals surface area contributed by atoms with Gasteiger partial charge in [-0.05, 0) is 50.2 Å². The Morgan fingerprint density at radius 1 is 1.23 bits per heavy atom. The fourth-order valence-corrected chi connectivity index (χ4v) is 7.83.